The maximum atomic E-state index is 10.1. The van der Waals surface area contributed by atoms with E-state index in [9.17, 15) is 5.11 Å². The zero-order valence-corrected chi connectivity index (χ0v) is 10.5. The van der Waals surface area contributed by atoms with Gasteiger partial charge in [-0.15, -0.1) is 0 Å². The predicted molar refractivity (Wildman–Crippen MR) is 69.3 cm³/mol. The fraction of sp³-hybridized carbons (Fsp3) is 0.538. The van der Waals surface area contributed by atoms with Crippen molar-refractivity contribution < 1.29 is 9.84 Å². The molecule has 0 aliphatic carbocycles. The lowest BCUT2D eigenvalue weighted by molar-refractivity contribution is 0.314. The molecule has 0 aromatic heterocycles. The summed E-state index contributed by atoms with van der Waals surface area (Å²) in [7, 11) is 0. The molecule has 1 rings (SSSR count). The number of phenols is 1. The van der Waals surface area contributed by atoms with Crippen molar-refractivity contribution >= 4 is 0 Å². The average molecular weight is 238 g/mol. The van der Waals surface area contributed by atoms with E-state index in [4.69, 9.17) is 16.2 Å². The third kappa shape index (κ3) is 3.11. The van der Waals surface area contributed by atoms with Crippen molar-refractivity contribution in [1.29, 1.82) is 0 Å². The van der Waals surface area contributed by atoms with Gasteiger partial charge in [-0.05, 0) is 37.9 Å². The summed E-state index contributed by atoms with van der Waals surface area (Å²) in [4.78, 5) is 0. The highest BCUT2D eigenvalue weighted by Gasteiger charge is 2.20. The van der Waals surface area contributed by atoms with Crippen LogP contribution in [-0.2, 0) is 0 Å². The molecule has 0 radical (unpaired) electrons. The van der Waals surface area contributed by atoms with Gasteiger partial charge < -0.3 is 21.3 Å². The molecule has 0 bridgehead atoms. The van der Waals surface area contributed by atoms with Crippen LogP contribution in [0.1, 0.15) is 25.3 Å². The van der Waals surface area contributed by atoms with Crippen LogP contribution < -0.4 is 16.2 Å². The summed E-state index contributed by atoms with van der Waals surface area (Å²) in [5, 5.41) is 10.1. The number of phenolic OH excluding ortho intramolecular Hbond substituents is 1. The minimum absolute atomic E-state index is 0.116. The van der Waals surface area contributed by atoms with Crippen molar-refractivity contribution in [2.75, 3.05) is 19.7 Å². The summed E-state index contributed by atoms with van der Waals surface area (Å²) in [6.45, 7) is 5.46. The number of para-hydroxylation sites is 1. The molecule has 0 aliphatic heterocycles. The van der Waals surface area contributed by atoms with Crippen LogP contribution in [0.25, 0.3) is 0 Å². The molecule has 0 fully saturated rings. The molecule has 96 valence electrons. The van der Waals surface area contributed by atoms with Gasteiger partial charge in [-0.2, -0.15) is 0 Å². The molecule has 1 unspecified atom stereocenters. The Morgan fingerprint density at radius 2 is 1.94 bits per heavy atom. The molecule has 4 nitrogen and oxygen atoms in total. The zero-order chi connectivity index (χ0) is 12.8. The van der Waals surface area contributed by atoms with Crippen LogP contribution in [0.4, 0.5) is 0 Å². The Hall–Kier alpha value is -1.26. The first-order valence-electron chi connectivity index (χ1n) is 6.00. The van der Waals surface area contributed by atoms with Gasteiger partial charge in [-0.1, -0.05) is 19.1 Å². The van der Waals surface area contributed by atoms with Crippen LogP contribution in [0.5, 0.6) is 11.5 Å². The molecule has 0 aliphatic rings. The third-order valence-corrected chi connectivity index (χ3v) is 3.13. The maximum Gasteiger partial charge on any atom is 0.161 e. The number of hydrogen-bond donors (Lipinski definition) is 3. The van der Waals surface area contributed by atoms with E-state index in [-0.39, 0.29) is 17.6 Å². The molecular weight excluding hydrogens is 216 g/mol. The van der Waals surface area contributed by atoms with Gasteiger partial charge >= 0.3 is 0 Å². The topological polar surface area (TPSA) is 81.5 Å². The van der Waals surface area contributed by atoms with E-state index in [0.717, 1.165) is 5.56 Å². The Morgan fingerprint density at radius 3 is 2.47 bits per heavy atom. The van der Waals surface area contributed by atoms with E-state index in [1.54, 1.807) is 6.07 Å². The molecular formula is C13H22N2O2. The standard InChI is InChI=1S/C13H22N2O2/c1-3-17-12-6-4-5-11(13(12)16)9(2)10(7-14)8-15/h4-6,9-10,16H,3,7-8,14-15H2,1-2H3. The lowest BCUT2D eigenvalue weighted by Gasteiger charge is -2.22. The van der Waals surface area contributed by atoms with Crippen LogP contribution in [0.2, 0.25) is 0 Å². The summed E-state index contributed by atoms with van der Waals surface area (Å²) in [5.74, 6) is 1.00. The number of hydrogen-bond acceptors (Lipinski definition) is 4. The van der Waals surface area contributed by atoms with Gasteiger partial charge in [0.1, 0.15) is 0 Å². The van der Waals surface area contributed by atoms with Crippen LogP contribution >= 0.6 is 0 Å². The molecule has 1 atom stereocenters. The first-order valence-corrected chi connectivity index (χ1v) is 6.00. The highest BCUT2D eigenvalue weighted by atomic mass is 16.5. The number of rotatable bonds is 6. The Balaban J connectivity index is 3.00. The van der Waals surface area contributed by atoms with Gasteiger partial charge in [-0.3, -0.25) is 0 Å². The summed E-state index contributed by atoms with van der Waals surface area (Å²) in [6.07, 6.45) is 0. The predicted octanol–water partition coefficient (Wildman–Crippen LogP) is 1.43. The van der Waals surface area contributed by atoms with Crippen molar-refractivity contribution in [2.24, 2.45) is 17.4 Å². The monoisotopic (exact) mass is 238 g/mol. The second kappa shape index (κ2) is 6.47. The summed E-state index contributed by atoms with van der Waals surface area (Å²) < 4.78 is 5.36. The number of benzene rings is 1. The highest BCUT2D eigenvalue weighted by molar-refractivity contribution is 5.47. The lowest BCUT2D eigenvalue weighted by atomic mass is 9.87. The maximum absolute atomic E-state index is 10.1. The fourth-order valence-electron chi connectivity index (χ4n) is 1.94. The lowest BCUT2D eigenvalue weighted by Crippen LogP contribution is -2.28. The molecule has 1 aromatic rings. The van der Waals surface area contributed by atoms with Crippen LogP contribution in [0.15, 0.2) is 18.2 Å². The van der Waals surface area contributed by atoms with Crippen molar-refractivity contribution in [3.63, 3.8) is 0 Å². The molecule has 0 saturated carbocycles. The first kappa shape index (κ1) is 13.8. The van der Waals surface area contributed by atoms with Gasteiger partial charge in [0.25, 0.3) is 0 Å². The van der Waals surface area contributed by atoms with Crippen molar-refractivity contribution in [3.8, 4) is 11.5 Å². The van der Waals surface area contributed by atoms with E-state index in [1.165, 1.54) is 0 Å². The molecule has 17 heavy (non-hydrogen) atoms. The molecule has 5 N–H and O–H groups in total. The number of nitrogens with two attached hydrogens (primary N) is 2. The minimum atomic E-state index is 0.116. The van der Waals surface area contributed by atoms with E-state index in [1.807, 2.05) is 26.0 Å². The van der Waals surface area contributed by atoms with Gasteiger partial charge in [0, 0.05) is 5.56 Å². The van der Waals surface area contributed by atoms with Gasteiger partial charge in [0.15, 0.2) is 11.5 Å². The van der Waals surface area contributed by atoms with Crippen molar-refractivity contribution in [3.05, 3.63) is 23.8 Å². The summed E-state index contributed by atoms with van der Waals surface area (Å²) >= 11 is 0. The van der Waals surface area contributed by atoms with Gasteiger partial charge in [0.05, 0.1) is 6.61 Å². The molecule has 0 heterocycles. The number of ether oxygens (including phenoxy) is 1. The first-order chi connectivity index (χ1) is 8.15. The largest absolute Gasteiger partial charge is 0.504 e. The smallest absolute Gasteiger partial charge is 0.161 e. The SMILES string of the molecule is CCOc1cccc(C(C)C(CN)CN)c1O. The van der Waals surface area contributed by atoms with Gasteiger partial charge in [-0.25, -0.2) is 0 Å². The van der Waals surface area contributed by atoms with Crippen molar-refractivity contribution in [1.82, 2.24) is 0 Å². The molecule has 0 spiro atoms. The van der Waals surface area contributed by atoms with Gasteiger partial charge in [0.2, 0.25) is 0 Å². The second-order valence-electron chi connectivity index (χ2n) is 4.15. The fourth-order valence-corrected chi connectivity index (χ4v) is 1.94. The molecule has 4 heteroatoms. The zero-order valence-electron chi connectivity index (χ0n) is 10.5. The normalized spacial score (nSPS) is 12.8. The van der Waals surface area contributed by atoms with E-state index in [2.05, 4.69) is 0 Å². The Bertz CT molecular complexity index is 351. The minimum Gasteiger partial charge on any atom is -0.504 e. The Morgan fingerprint density at radius 1 is 1.29 bits per heavy atom. The van der Waals surface area contributed by atoms with Crippen LogP contribution in [0, 0.1) is 5.92 Å². The highest BCUT2D eigenvalue weighted by Crippen LogP contribution is 2.37. The van der Waals surface area contributed by atoms with E-state index in [0.29, 0.717) is 25.4 Å². The third-order valence-electron chi connectivity index (χ3n) is 3.13. The Kier molecular flexibility index (Phi) is 5.25. The molecule has 1 aromatic carbocycles. The number of aromatic hydroxyl groups is 1. The Labute approximate surface area is 103 Å². The average Bonchev–Trinajstić information content (AvgIpc) is 2.33. The summed E-state index contributed by atoms with van der Waals surface area (Å²) in [5.41, 5.74) is 12.2. The summed E-state index contributed by atoms with van der Waals surface area (Å²) in [6, 6.07) is 5.52. The molecule has 0 amide bonds. The van der Waals surface area contributed by atoms with Crippen molar-refractivity contribution in [2.45, 2.75) is 19.8 Å². The van der Waals surface area contributed by atoms with E-state index < -0.39 is 0 Å². The van der Waals surface area contributed by atoms with E-state index >= 15 is 0 Å². The second-order valence-corrected chi connectivity index (χ2v) is 4.15. The quantitative estimate of drug-likeness (QED) is 0.700. The molecule has 0 saturated heterocycles. The van der Waals surface area contributed by atoms with Crippen LogP contribution in [0.3, 0.4) is 0 Å². The van der Waals surface area contributed by atoms with Crippen LogP contribution in [-0.4, -0.2) is 24.8 Å².